The van der Waals surface area contributed by atoms with Crippen LogP contribution in [0.4, 0.5) is 5.69 Å². The molecule has 0 unspecified atom stereocenters. The summed E-state index contributed by atoms with van der Waals surface area (Å²) < 4.78 is 1.88. The molecule has 0 saturated heterocycles. The lowest BCUT2D eigenvalue weighted by Gasteiger charge is -2.04. The van der Waals surface area contributed by atoms with E-state index < -0.39 is 0 Å². The monoisotopic (exact) mass is 238 g/mol. The van der Waals surface area contributed by atoms with Gasteiger partial charge in [0.05, 0.1) is 17.4 Å². The molecule has 0 radical (unpaired) electrons. The van der Waals surface area contributed by atoms with E-state index in [1.165, 1.54) is 0 Å². The summed E-state index contributed by atoms with van der Waals surface area (Å²) in [5, 5.41) is 5.25. The molecule has 4 nitrogen and oxygen atoms in total. The van der Waals surface area contributed by atoms with Gasteiger partial charge < -0.3 is 5.73 Å². The lowest BCUT2D eigenvalue weighted by atomic mass is 10.1. The third kappa shape index (κ3) is 1.72. The van der Waals surface area contributed by atoms with Crippen LogP contribution in [0.5, 0.6) is 0 Å². The van der Waals surface area contributed by atoms with Gasteiger partial charge >= 0.3 is 0 Å². The summed E-state index contributed by atoms with van der Waals surface area (Å²) in [6, 6.07) is 9.79. The zero-order valence-electron chi connectivity index (χ0n) is 10.2. The van der Waals surface area contributed by atoms with E-state index in [1.807, 2.05) is 47.4 Å². The van der Waals surface area contributed by atoms with E-state index in [0.717, 1.165) is 34.4 Å². The Kier molecular flexibility index (Phi) is 2.48. The first-order valence-electron chi connectivity index (χ1n) is 5.96. The molecule has 90 valence electrons. The Bertz CT molecular complexity index is 700. The van der Waals surface area contributed by atoms with Crippen LogP contribution in [-0.2, 0) is 6.54 Å². The van der Waals surface area contributed by atoms with Crippen molar-refractivity contribution >= 4 is 16.6 Å². The molecule has 0 bridgehead atoms. The van der Waals surface area contributed by atoms with Gasteiger partial charge in [0.25, 0.3) is 0 Å². The number of para-hydroxylation sites is 1. The number of benzene rings is 1. The number of aryl methyl sites for hydroxylation is 1. The fraction of sp³-hybridized carbons (Fsp3) is 0.143. The van der Waals surface area contributed by atoms with E-state index in [0.29, 0.717) is 0 Å². The van der Waals surface area contributed by atoms with Crippen molar-refractivity contribution in [3.8, 4) is 11.3 Å². The maximum absolute atomic E-state index is 6.07. The van der Waals surface area contributed by atoms with Crippen LogP contribution < -0.4 is 5.73 Å². The Morgan fingerprint density at radius 3 is 2.89 bits per heavy atom. The second kappa shape index (κ2) is 4.14. The Morgan fingerprint density at radius 1 is 1.28 bits per heavy atom. The van der Waals surface area contributed by atoms with Crippen LogP contribution in [0.15, 0.2) is 42.7 Å². The largest absolute Gasteiger partial charge is 0.398 e. The first-order chi connectivity index (χ1) is 8.78. The van der Waals surface area contributed by atoms with Crippen molar-refractivity contribution in [2.45, 2.75) is 13.5 Å². The lowest BCUT2D eigenvalue weighted by molar-refractivity contribution is 0.660. The normalized spacial score (nSPS) is 10.9. The van der Waals surface area contributed by atoms with Crippen molar-refractivity contribution in [3.63, 3.8) is 0 Å². The van der Waals surface area contributed by atoms with Gasteiger partial charge in [-0.1, -0.05) is 18.2 Å². The summed E-state index contributed by atoms with van der Waals surface area (Å²) in [5.41, 5.74) is 9.59. The highest BCUT2D eigenvalue weighted by Crippen LogP contribution is 2.25. The molecule has 2 aromatic heterocycles. The fourth-order valence-electron chi connectivity index (χ4n) is 2.02. The maximum atomic E-state index is 6.07. The zero-order chi connectivity index (χ0) is 12.5. The highest BCUT2D eigenvalue weighted by molar-refractivity contribution is 5.92. The van der Waals surface area contributed by atoms with Gasteiger partial charge in [-0.3, -0.25) is 4.68 Å². The number of hydrogen-bond donors (Lipinski definition) is 1. The number of hydrogen-bond acceptors (Lipinski definition) is 3. The Balaban J connectivity index is 2.18. The molecule has 0 spiro atoms. The molecule has 0 fully saturated rings. The predicted octanol–water partition coefficient (Wildman–Crippen LogP) is 2.70. The standard InChI is InChI=1S/C14H14N4/c1-2-18-9-10(8-16-18)14-7-12(15)11-5-3-4-6-13(11)17-14/h3-9H,2H2,1H3,(H2,15,17). The number of anilines is 1. The average Bonchev–Trinajstić information content (AvgIpc) is 2.87. The van der Waals surface area contributed by atoms with Gasteiger partial charge in [-0.05, 0) is 19.1 Å². The number of fused-ring (bicyclic) bond motifs is 1. The molecular weight excluding hydrogens is 224 g/mol. The maximum Gasteiger partial charge on any atom is 0.0761 e. The molecule has 0 atom stereocenters. The number of rotatable bonds is 2. The second-order valence-corrected chi connectivity index (χ2v) is 4.20. The third-order valence-corrected chi connectivity index (χ3v) is 3.00. The van der Waals surface area contributed by atoms with Crippen LogP contribution in [0, 0.1) is 0 Å². The lowest BCUT2D eigenvalue weighted by Crippen LogP contribution is -1.93. The van der Waals surface area contributed by atoms with E-state index in [9.17, 15) is 0 Å². The fourth-order valence-corrected chi connectivity index (χ4v) is 2.02. The van der Waals surface area contributed by atoms with Crippen molar-refractivity contribution in [2.24, 2.45) is 0 Å². The molecule has 3 aromatic rings. The third-order valence-electron chi connectivity index (χ3n) is 3.00. The molecule has 0 saturated carbocycles. The van der Waals surface area contributed by atoms with Crippen molar-refractivity contribution in [1.82, 2.24) is 14.8 Å². The molecule has 2 heterocycles. The van der Waals surface area contributed by atoms with Crippen LogP contribution in [0.1, 0.15) is 6.92 Å². The van der Waals surface area contributed by atoms with Crippen LogP contribution in [0.3, 0.4) is 0 Å². The number of nitrogen functional groups attached to an aromatic ring is 1. The van der Waals surface area contributed by atoms with E-state index in [4.69, 9.17) is 5.73 Å². The average molecular weight is 238 g/mol. The molecule has 0 aliphatic heterocycles. The molecule has 0 amide bonds. The van der Waals surface area contributed by atoms with Gasteiger partial charge in [0.15, 0.2) is 0 Å². The van der Waals surface area contributed by atoms with Gasteiger partial charge in [0, 0.05) is 29.4 Å². The second-order valence-electron chi connectivity index (χ2n) is 4.20. The molecule has 1 aromatic carbocycles. The number of pyridine rings is 1. The molecule has 18 heavy (non-hydrogen) atoms. The summed E-state index contributed by atoms with van der Waals surface area (Å²) in [6.45, 7) is 2.90. The van der Waals surface area contributed by atoms with Gasteiger partial charge in [-0.25, -0.2) is 4.98 Å². The van der Waals surface area contributed by atoms with E-state index in [2.05, 4.69) is 17.0 Å². The Labute approximate surface area is 105 Å². The molecule has 2 N–H and O–H groups in total. The zero-order valence-corrected chi connectivity index (χ0v) is 10.2. The minimum Gasteiger partial charge on any atom is -0.398 e. The summed E-state index contributed by atoms with van der Waals surface area (Å²) in [6.07, 6.45) is 3.80. The van der Waals surface area contributed by atoms with Crippen LogP contribution in [0.25, 0.3) is 22.2 Å². The summed E-state index contributed by atoms with van der Waals surface area (Å²) in [4.78, 5) is 4.62. The molecule has 0 aliphatic rings. The van der Waals surface area contributed by atoms with Crippen molar-refractivity contribution < 1.29 is 0 Å². The summed E-state index contributed by atoms with van der Waals surface area (Å²) in [5.74, 6) is 0. The molecule has 0 aliphatic carbocycles. The first kappa shape index (κ1) is 10.8. The molecule has 3 rings (SSSR count). The van der Waals surface area contributed by atoms with Gasteiger partial charge in [-0.15, -0.1) is 0 Å². The van der Waals surface area contributed by atoms with Gasteiger partial charge in [-0.2, -0.15) is 5.10 Å². The minimum atomic E-state index is 0.750. The van der Waals surface area contributed by atoms with Crippen molar-refractivity contribution in [3.05, 3.63) is 42.7 Å². The molecular formula is C14H14N4. The number of nitrogens with two attached hydrogens (primary N) is 1. The van der Waals surface area contributed by atoms with E-state index >= 15 is 0 Å². The van der Waals surface area contributed by atoms with Gasteiger partial charge in [0.1, 0.15) is 0 Å². The quantitative estimate of drug-likeness (QED) is 0.746. The SMILES string of the molecule is CCn1cc(-c2cc(N)c3ccccc3n2)cn1. The number of nitrogens with zero attached hydrogens (tertiary/aromatic N) is 3. The molecule has 4 heteroatoms. The Hall–Kier alpha value is -2.36. The summed E-state index contributed by atoms with van der Waals surface area (Å²) >= 11 is 0. The van der Waals surface area contributed by atoms with Crippen LogP contribution in [-0.4, -0.2) is 14.8 Å². The van der Waals surface area contributed by atoms with Crippen molar-refractivity contribution in [2.75, 3.05) is 5.73 Å². The highest BCUT2D eigenvalue weighted by atomic mass is 15.3. The summed E-state index contributed by atoms with van der Waals surface area (Å²) in [7, 11) is 0. The van der Waals surface area contributed by atoms with Crippen molar-refractivity contribution in [1.29, 1.82) is 0 Å². The predicted molar refractivity (Wildman–Crippen MR) is 73.1 cm³/mol. The Morgan fingerprint density at radius 2 is 2.11 bits per heavy atom. The topological polar surface area (TPSA) is 56.7 Å². The van der Waals surface area contributed by atoms with E-state index in [-0.39, 0.29) is 0 Å². The smallest absolute Gasteiger partial charge is 0.0761 e. The van der Waals surface area contributed by atoms with Crippen LogP contribution in [0.2, 0.25) is 0 Å². The van der Waals surface area contributed by atoms with Gasteiger partial charge in [0.2, 0.25) is 0 Å². The number of aromatic nitrogens is 3. The van der Waals surface area contributed by atoms with E-state index in [1.54, 1.807) is 0 Å². The first-order valence-corrected chi connectivity index (χ1v) is 5.96. The van der Waals surface area contributed by atoms with Crippen LogP contribution >= 0.6 is 0 Å². The highest BCUT2D eigenvalue weighted by Gasteiger charge is 2.06. The minimum absolute atomic E-state index is 0.750.